The van der Waals surface area contributed by atoms with Gasteiger partial charge in [0.15, 0.2) is 5.16 Å². The van der Waals surface area contributed by atoms with Gasteiger partial charge in [0.25, 0.3) is 0 Å². The second-order valence-corrected chi connectivity index (χ2v) is 6.48. The third-order valence-electron chi connectivity index (χ3n) is 3.67. The zero-order valence-corrected chi connectivity index (χ0v) is 12.6. The molecule has 1 aliphatic carbocycles. The molecule has 6 heteroatoms. The van der Waals surface area contributed by atoms with E-state index >= 15 is 0 Å². The summed E-state index contributed by atoms with van der Waals surface area (Å²) in [7, 11) is 0. The highest BCUT2D eigenvalue weighted by Gasteiger charge is 2.31. The number of para-hydroxylation sites is 1. The molecule has 1 heterocycles. The minimum Gasteiger partial charge on any atom is -0.481 e. The van der Waals surface area contributed by atoms with Crippen molar-refractivity contribution in [1.82, 2.24) is 9.55 Å². The molecule has 1 N–H and O–H groups in total. The van der Waals surface area contributed by atoms with Crippen LogP contribution >= 0.6 is 23.4 Å². The predicted octanol–water partition coefficient (Wildman–Crippen LogP) is 3.84. The molecule has 0 bridgehead atoms. The molecule has 0 spiro atoms. The molecule has 1 fully saturated rings. The number of carboxylic acid groups (broad SMARTS) is 1. The Hall–Kier alpha value is -1.20. The number of thioether (sulfide) groups is 1. The lowest BCUT2D eigenvalue weighted by Gasteiger charge is -2.16. The Bertz CT molecular complexity index is 666. The van der Waals surface area contributed by atoms with E-state index < -0.39 is 5.97 Å². The van der Waals surface area contributed by atoms with Crippen molar-refractivity contribution in [2.45, 2.75) is 31.0 Å². The van der Waals surface area contributed by atoms with E-state index in [9.17, 15) is 4.79 Å². The van der Waals surface area contributed by atoms with Crippen molar-refractivity contribution in [2.75, 3.05) is 5.75 Å². The number of carbonyl (C=O) groups is 1. The fraction of sp³-hybridized carbons (Fsp3) is 0.429. The molecule has 0 radical (unpaired) electrons. The van der Waals surface area contributed by atoms with E-state index in [4.69, 9.17) is 16.7 Å². The van der Waals surface area contributed by atoms with Gasteiger partial charge in [-0.15, -0.1) is 0 Å². The molecule has 2 aromatic rings. The van der Waals surface area contributed by atoms with Gasteiger partial charge in [-0.1, -0.05) is 29.4 Å². The van der Waals surface area contributed by atoms with Crippen molar-refractivity contribution in [2.24, 2.45) is 5.92 Å². The van der Waals surface area contributed by atoms with Crippen molar-refractivity contribution in [3.8, 4) is 0 Å². The minimum atomic E-state index is -0.834. The van der Waals surface area contributed by atoms with E-state index in [2.05, 4.69) is 16.5 Å². The quantitative estimate of drug-likeness (QED) is 0.853. The van der Waals surface area contributed by atoms with Gasteiger partial charge >= 0.3 is 5.97 Å². The average Bonchev–Trinajstić information content (AvgIpc) is 3.17. The van der Waals surface area contributed by atoms with Crippen LogP contribution in [0.1, 0.15) is 25.8 Å². The molecule has 0 amide bonds. The van der Waals surface area contributed by atoms with Crippen LogP contribution in [0.5, 0.6) is 0 Å². The number of imidazole rings is 1. The van der Waals surface area contributed by atoms with E-state index in [-0.39, 0.29) is 5.75 Å². The second-order valence-electron chi connectivity index (χ2n) is 5.13. The van der Waals surface area contributed by atoms with E-state index in [0.717, 1.165) is 16.2 Å². The Morgan fingerprint density at radius 2 is 2.35 bits per heavy atom. The smallest absolute Gasteiger partial charge is 0.313 e. The lowest BCUT2D eigenvalue weighted by atomic mass is 10.2. The molecule has 3 rings (SSSR count). The molecule has 1 atom stereocenters. The van der Waals surface area contributed by atoms with Crippen LogP contribution < -0.4 is 0 Å². The molecule has 20 heavy (non-hydrogen) atoms. The number of benzene rings is 1. The summed E-state index contributed by atoms with van der Waals surface area (Å²) >= 11 is 7.46. The first-order chi connectivity index (χ1) is 9.58. The monoisotopic (exact) mass is 310 g/mol. The number of aliphatic carboxylic acids is 1. The van der Waals surface area contributed by atoms with Crippen molar-refractivity contribution < 1.29 is 9.90 Å². The zero-order valence-electron chi connectivity index (χ0n) is 11.0. The Kier molecular flexibility index (Phi) is 3.65. The third-order valence-corrected chi connectivity index (χ3v) is 4.92. The summed E-state index contributed by atoms with van der Waals surface area (Å²) in [4.78, 5) is 15.3. The van der Waals surface area contributed by atoms with Gasteiger partial charge in [-0.2, -0.15) is 0 Å². The highest BCUT2D eigenvalue weighted by molar-refractivity contribution is 7.99. The number of rotatable bonds is 5. The lowest BCUT2D eigenvalue weighted by molar-refractivity contribution is -0.133. The molecule has 1 saturated carbocycles. The summed E-state index contributed by atoms with van der Waals surface area (Å²) in [6, 6.07) is 6.05. The topological polar surface area (TPSA) is 55.1 Å². The fourth-order valence-electron chi connectivity index (χ4n) is 2.47. The minimum absolute atomic E-state index is 0.0122. The van der Waals surface area contributed by atoms with Crippen LogP contribution in [0.25, 0.3) is 11.0 Å². The number of carboxylic acids is 1. The van der Waals surface area contributed by atoms with E-state index in [1.807, 2.05) is 18.2 Å². The fourth-order valence-corrected chi connectivity index (χ4v) is 3.50. The maximum Gasteiger partial charge on any atom is 0.313 e. The summed E-state index contributed by atoms with van der Waals surface area (Å²) in [6.07, 6.45) is 2.45. The molecule has 106 valence electrons. The number of hydrogen-bond donors (Lipinski definition) is 1. The second kappa shape index (κ2) is 5.30. The standard InChI is InChI=1S/C14H15ClN2O2S/c1-8(9-5-6-9)17-11-4-2-3-10(15)13(11)16-14(17)20-7-12(18)19/h2-4,8-9H,5-7H2,1H3,(H,18,19). The van der Waals surface area contributed by atoms with Crippen LogP contribution in [0.15, 0.2) is 23.4 Å². The van der Waals surface area contributed by atoms with Gasteiger partial charge in [0.2, 0.25) is 0 Å². The normalized spacial score (nSPS) is 16.5. The molecule has 1 aromatic heterocycles. The van der Waals surface area contributed by atoms with E-state index in [1.54, 1.807) is 0 Å². The Morgan fingerprint density at radius 1 is 1.60 bits per heavy atom. The van der Waals surface area contributed by atoms with Crippen LogP contribution in [0.4, 0.5) is 0 Å². The number of hydrogen-bond acceptors (Lipinski definition) is 3. The first-order valence-corrected chi connectivity index (χ1v) is 7.95. The number of aromatic nitrogens is 2. The Labute approximate surface area is 126 Å². The third kappa shape index (κ3) is 2.52. The molecule has 1 unspecified atom stereocenters. The lowest BCUT2D eigenvalue weighted by Crippen LogP contribution is -2.09. The molecular weight excluding hydrogens is 296 g/mol. The maximum atomic E-state index is 10.8. The van der Waals surface area contributed by atoms with Gasteiger partial charge in [0.05, 0.1) is 16.3 Å². The van der Waals surface area contributed by atoms with Gasteiger partial charge in [0.1, 0.15) is 5.52 Å². The van der Waals surface area contributed by atoms with Crippen LogP contribution in [0.3, 0.4) is 0 Å². The van der Waals surface area contributed by atoms with Crippen molar-refractivity contribution >= 4 is 40.4 Å². The molecule has 4 nitrogen and oxygen atoms in total. The summed E-state index contributed by atoms with van der Waals surface area (Å²) < 4.78 is 2.15. The van der Waals surface area contributed by atoms with Gasteiger partial charge in [-0.05, 0) is 37.8 Å². The summed E-state index contributed by atoms with van der Waals surface area (Å²) in [5.41, 5.74) is 1.75. The maximum absolute atomic E-state index is 10.8. The van der Waals surface area contributed by atoms with Gasteiger partial charge in [-0.25, -0.2) is 4.98 Å². The summed E-state index contributed by atoms with van der Waals surface area (Å²) in [5.74, 6) is -0.160. The van der Waals surface area contributed by atoms with E-state index in [1.165, 1.54) is 24.6 Å². The summed E-state index contributed by atoms with van der Waals surface area (Å²) in [5, 5.41) is 10.2. The van der Waals surface area contributed by atoms with Crippen molar-refractivity contribution in [1.29, 1.82) is 0 Å². The van der Waals surface area contributed by atoms with E-state index in [0.29, 0.717) is 17.0 Å². The largest absolute Gasteiger partial charge is 0.481 e. The van der Waals surface area contributed by atoms with Crippen molar-refractivity contribution in [3.05, 3.63) is 23.2 Å². The van der Waals surface area contributed by atoms with Crippen LogP contribution in [0, 0.1) is 5.92 Å². The van der Waals surface area contributed by atoms with Crippen LogP contribution in [-0.2, 0) is 4.79 Å². The number of nitrogens with zero attached hydrogens (tertiary/aromatic N) is 2. The first-order valence-electron chi connectivity index (χ1n) is 6.59. The molecule has 1 aromatic carbocycles. The number of halogens is 1. The Balaban J connectivity index is 2.08. The van der Waals surface area contributed by atoms with Gasteiger partial charge in [0, 0.05) is 6.04 Å². The summed E-state index contributed by atoms with van der Waals surface area (Å²) in [6.45, 7) is 2.17. The zero-order chi connectivity index (χ0) is 14.3. The average molecular weight is 311 g/mol. The molecule has 0 aliphatic heterocycles. The molecular formula is C14H15ClN2O2S. The molecule has 0 saturated heterocycles. The van der Waals surface area contributed by atoms with Gasteiger partial charge < -0.3 is 9.67 Å². The van der Waals surface area contributed by atoms with Crippen molar-refractivity contribution in [3.63, 3.8) is 0 Å². The van der Waals surface area contributed by atoms with Gasteiger partial charge in [-0.3, -0.25) is 4.79 Å². The SMILES string of the molecule is CC(C1CC1)n1c(SCC(=O)O)nc2c(Cl)cccc21. The highest BCUT2D eigenvalue weighted by atomic mass is 35.5. The first kappa shape index (κ1) is 13.8. The highest BCUT2D eigenvalue weighted by Crippen LogP contribution is 2.43. The van der Waals surface area contributed by atoms with Crippen LogP contribution in [-0.4, -0.2) is 26.4 Å². The Morgan fingerprint density at radius 3 is 3.00 bits per heavy atom. The predicted molar refractivity (Wildman–Crippen MR) is 80.5 cm³/mol. The van der Waals surface area contributed by atoms with Crippen LogP contribution in [0.2, 0.25) is 5.02 Å². The number of fused-ring (bicyclic) bond motifs is 1. The molecule has 1 aliphatic rings.